The number of benzene rings is 2. The molecule has 0 fully saturated rings. The van der Waals surface area contributed by atoms with Crippen molar-refractivity contribution >= 4 is 11.9 Å². The molecule has 0 aliphatic heterocycles. The molecule has 0 radical (unpaired) electrons. The fraction of sp³-hybridized carbons (Fsp3) is 0.176. The Labute approximate surface area is 133 Å². The molecule has 2 aromatic carbocycles. The van der Waals surface area contributed by atoms with E-state index in [9.17, 15) is 19.8 Å². The van der Waals surface area contributed by atoms with E-state index in [1.54, 1.807) is 30.3 Å². The number of hydrogen-bond donors (Lipinski definition) is 3. The van der Waals surface area contributed by atoms with Gasteiger partial charge in [0.2, 0.25) is 0 Å². The van der Waals surface area contributed by atoms with Crippen LogP contribution in [0.2, 0.25) is 0 Å². The predicted octanol–water partition coefficient (Wildman–Crippen LogP) is 1.28. The molecule has 0 spiro atoms. The monoisotopic (exact) mass is 315 g/mol. The molecule has 0 aromatic heterocycles. The van der Waals surface area contributed by atoms with E-state index in [0.717, 1.165) is 5.56 Å². The third-order valence-electron chi connectivity index (χ3n) is 3.24. The summed E-state index contributed by atoms with van der Waals surface area (Å²) in [6.07, 6.45) is -0.0344. The lowest BCUT2D eigenvalue weighted by Gasteiger charge is -2.11. The SMILES string of the molecule is NC(Cc1ccc(O)cc1)C(=O)OC(=O)Cc1ccccc1O. The van der Waals surface area contributed by atoms with Crippen LogP contribution in [-0.2, 0) is 27.2 Å². The molecule has 1 atom stereocenters. The minimum absolute atomic E-state index is 0.0368. The lowest BCUT2D eigenvalue weighted by molar-refractivity contribution is -0.160. The Hall–Kier alpha value is -2.86. The van der Waals surface area contributed by atoms with Crippen molar-refractivity contribution in [3.63, 3.8) is 0 Å². The molecular formula is C17H17NO5. The van der Waals surface area contributed by atoms with Crippen molar-refractivity contribution in [2.24, 2.45) is 5.73 Å². The van der Waals surface area contributed by atoms with Gasteiger partial charge >= 0.3 is 11.9 Å². The van der Waals surface area contributed by atoms with Crippen LogP contribution in [0.5, 0.6) is 11.5 Å². The smallest absolute Gasteiger partial charge is 0.330 e. The van der Waals surface area contributed by atoms with Gasteiger partial charge in [0, 0.05) is 5.56 Å². The van der Waals surface area contributed by atoms with Crippen molar-refractivity contribution in [2.75, 3.05) is 0 Å². The number of rotatable bonds is 5. The zero-order chi connectivity index (χ0) is 16.8. The van der Waals surface area contributed by atoms with Gasteiger partial charge in [0.15, 0.2) is 0 Å². The van der Waals surface area contributed by atoms with E-state index in [0.29, 0.717) is 5.56 Å². The number of phenolic OH excluding ortho intramolecular Hbond substituents is 2. The molecule has 0 saturated heterocycles. The van der Waals surface area contributed by atoms with E-state index in [-0.39, 0.29) is 24.3 Å². The highest BCUT2D eigenvalue weighted by Crippen LogP contribution is 2.16. The highest BCUT2D eigenvalue weighted by molar-refractivity contribution is 5.89. The van der Waals surface area contributed by atoms with Crippen molar-refractivity contribution in [2.45, 2.75) is 18.9 Å². The Morgan fingerprint density at radius 3 is 2.35 bits per heavy atom. The normalized spacial score (nSPS) is 11.7. The maximum atomic E-state index is 11.8. The second-order valence-electron chi connectivity index (χ2n) is 5.08. The second-order valence-corrected chi connectivity index (χ2v) is 5.08. The van der Waals surface area contributed by atoms with Crippen LogP contribution in [0, 0.1) is 0 Å². The Kier molecular flexibility index (Phi) is 5.32. The molecule has 0 bridgehead atoms. The standard InChI is InChI=1S/C17H17NO5/c18-14(9-11-5-7-13(19)8-6-11)17(22)23-16(21)10-12-3-1-2-4-15(12)20/h1-8,14,19-20H,9-10,18H2. The second kappa shape index (κ2) is 7.42. The van der Waals surface area contributed by atoms with Gasteiger partial charge in [0.1, 0.15) is 17.5 Å². The third-order valence-corrected chi connectivity index (χ3v) is 3.24. The topological polar surface area (TPSA) is 110 Å². The van der Waals surface area contributed by atoms with Crippen molar-refractivity contribution in [1.82, 2.24) is 0 Å². The van der Waals surface area contributed by atoms with Crippen LogP contribution in [0.25, 0.3) is 0 Å². The molecular weight excluding hydrogens is 298 g/mol. The van der Waals surface area contributed by atoms with Crippen LogP contribution in [-0.4, -0.2) is 28.2 Å². The maximum absolute atomic E-state index is 11.8. The largest absolute Gasteiger partial charge is 0.508 e. The average molecular weight is 315 g/mol. The summed E-state index contributed by atoms with van der Waals surface area (Å²) >= 11 is 0. The molecule has 23 heavy (non-hydrogen) atoms. The van der Waals surface area contributed by atoms with E-state index < -0.39 is 18.0 Å². The first-order chi connectivity index (χ1) is 11.0. The minimum Gasteiger partial charge on any atom is -0.508 e. The van der Waals surface area contributed by atoms with Gasteiger partial charge < -0.3 is 20.7 Å². The molecule has 0 heterocycles. The van der Waals surface area contributed by atoms with Crippen molar-refractivity contribution in [1.29, 1.82) is 0 Å². The number of ether oxygens (including phenoxy) is 1. The van der Waals surface area contributed by atoms with Gasteiger partial charge in [-0.05, 0) is 30.2 Å². The van der Waals surface area contributed by atoms with E-state index in [2.05, 4.69) is 0 Å². The summed E-state index contributed by atoms with van der Waals surface area (Å²) in [5.74, 6) is -1.54. The number of para-hydroxylation sites is 1. The van der Waals surface area contributed by atoms with Gasteiger partial charge in [-0.1, -0.05) is 30.3 Å². The van der Waals surface area contributed by atoms with Crippen LogP contribution >= 0.6 is 0 Å². The van der Waals surface area contributed by atoms with E-state index in [4.69, 9.17) is 10.5 Å². The van der Waals surface area contributed by atoms with Gasteiger partial charge in [0.05, 0.1) is 6.42 Å². The fourth-order valence-corrected chi connectivity index (χ4v) is 2.01. The summed E-state index contributed by atoms with van der Waals surface area (Å²) in [5, 5.41) is 18.8. The number of hydrogen-bond acceptors (Lipinski definition) is 6. The summed E-state index contributed by atoms with van der Waals surface area (Å²) in [7, 11) is 0. The molecule has 0 saturated carbocycles. The predicted molar refractivity (Wildman–Crippen MR) is 82.7 cm³/mol. The molecule has 6 nitrogen and oxygen atoms in total. The molecule has 4 N–H and O–H groups in total. The van der Waals surface area contributed by atoms with Gasteiger partial charge in [-0.15, -0.1) is 0 Å². The summed E-state index contributed by atoms with van der Waals surface area (Å²) in [4.78, 5) is 23.6. The van der Waals surface area contributed by atoms with Crippen molar-refractivity contribution in [3.8, 4) is 11.5 Å². The van der Waals surface area contributed by atoms with E-state index >= 15 is 0 Å². The lowest BCUT2D eigenvalue weighted by atomic mass is 10.1. The van der Waals surface area contributed by atoms with Gasteiger partial charge in [-0.2, -0.15) is 0 Å². The van der Waals surface area contributed by atoms with Crippen LogP contribution in [0.3, 0.4) is 0 Å². The zero-order valence-corrected chi connectivity index (χ0v) is 12.3. The summed E-state index contributed by atoms with van der Waals surface area (Å²) in [5.41, 5.74) is 6.83. The number of aromatic hydroxyl groups is 2. The number of nitrogens with two attached hydrogens (primary N) is 1. The molecule has 0 amide bonds. The highest BCUT2D eigenvalue weighted by Gasteiger charge is 2.20. The van der Waals surface area contributed by atoms with Gasteiger partial charge in [-0.25, -0.2) is 4.79 Å². The Morgan fingerprint density at radius 2 is 1.70 bits per heavy atom. The Bertz CT molecular complexity index is 696. The van der Waals surface area contributed by atoms with Crippen LogP contribution < -0.4 is 5.73 Å². The number of esters is 2. The summed E-state index contributed by atoms with van der Waals surface area (Å²) in [6, 6.07) is 11.5. The number of carbonyl (C=O) groups is 2. The molecule has 0 aliphatic carbocycles. The average Bonchev–Trinajstić information content (AvgIpc) is 2.51. The molecule has 0 aliphatic rings. The molecule has 2 rings (SSSR count). The minimum atomic E-state index is -0.993. The summed E-state index contributed by atoms with van der Waals surface area (Å²) in [6.45, 7) is 0. The summed E-state index contributed by atoms with van der Waals surface area (Å²) < 4.78 is 4.70. The van der Waals surface area contributed by atoms with Crippen molar-refractivity contribution < 1.29 is 24.5 Å². The first kappa shape index (κ1) is 16.5. The fourth-order valence-electron chi connectivity index (χ4n) is 2.01. The molecule has 6 heteroatoms. The van der Waals surface area contributed by atoms with E-state index in [1.807, 2.05) is 0 Å². The molecule has 1 unspecified atom stereocenters. The van der Waals surface area contributed by atoms with Gasteiger partial charge in [0.25, 0.3) is 0 Å². The lowest BCUT2D eigenvalue weighted by Crippen LogP contribution is -2.36. The quantitative estimate of drug-likeness (QED) is 0.566. The van der Waals surface area contributed by atoms with E-state index in [1.165, 1.54) is 18.2 Å². The molecule has 2 aromatic rings. The number of phenols is 2. The third kappa shape index (κ3) is 4.82. The first-order valence-electron chi connectivity index (χ1n) is 7.00. The Balaban J connectivity index is 1.89. The van der Waals surface area contributed by atoms with Crippen LogP contribution in [0.1, 0.15) is 11.1 Å². The zero-order valence-electron chi connectivity index (χ0n) is 12.3. The maximum Gasteiger partial charge on any atom is 0.330 e. The van der Waals surface area contributed by atoms with Crippen molar-refractivity contribution in [3.05, 3.63) is 59.7 Å². The Morgan fingerprint density at radius 1 is 1.04 bits per heavy atom. The highest BCUT2D eigenvalue weighted by atomic mass is 16.6. The molecule has 120 valence electrons. The van der Waals surface area contributed by atoms with Crippen LogP contribution in [0.4, 0.5) is 0 Å². The number of carbonyl (C=O) groups excluding carboxylic acids is 2. The van der Waals surface area contributed by atoms with Gasteiger partial charge in [-0.3, -0.25) is 4.79 Å². The first-order valence-corrected chi connectivity index (χ1v) is 7.00. The van der Waals surface area contributed by atoms with Crippen LogP contribution in [0.15, 0.2) is 48.5 Å².